The third-order valence-electron chi connectivity index (χ3n) is 4.31. The molecule has 1 aliphatic heterocycles. The van der Waals surface area contributed by atoms with Crippen molar-refractivity contribution in [1.82, 2.24) is 10.2 Å². The highest BCUT2D eigenvalue weighted by Gasteiger charge is 2.29. The third kappa shape index (κ3) is 4.54. The molecule has 2 aromatic rings. The summed E-state index contributed by atoms with van der Waals surface area (Å²) in [5.74, 6) is -0.581. The molecule has 2 amide bonds. The van der Waals surface area contributed by atoms with Gasteiger partial charge < -0.3 is 10.2 Å². The van der Waals surface area contributed by atoms with E-state index in [9.17, 15) is 14.0 Å². The number of nitrogens with zero attached hydrogens (tertiary/aromatic N) is 1. The number of carbonyl (C=O) groups excluding carboxylic acids is 2. The van der Waals surface area contributed by atoms with Crippen LogP contribution in [0.2, 0.25) is 10.0 Å². The summed E-state index contributed by atoms with van der Waals surface area (Å²) in [6.45, 7) is 1.34. The molecule has 1 fully saturated rings. The van der Waals surface area contributed by atoms with Crippen molar-refractivity contribution in [2.45, 2.75) is 13.0 Å². The molecule has 3 rings (SSSR count). The Labute approximate surface area is 160 Å². The molecular weight excluding hydrogens is 378 g/mol. The molecule has 2 aromatic carbocycles. The van der Waals surface area contributed by atoms with E-state index in [1.54, 1.807) is 29.2 Å². The summed E-state index contributed by atoms with van der Waals surface area (Å²) < 4.78 is 13.0. The first-order chi connectivity index (χ1) is 12.4. The van der Waals surface area contributed by atoms with Gasteiger partial charge in [0, 0.05) is 37.0 Å². The minimum absolute atomic E-state index is 0.0184. The molecule has 26 heavy (non-hydrogen) atoms. The van der Waals surface area contributed by atoms with Crippen LogP contribution in [0.5, 0.6) is 0 Å². The Morgan fingerprint density at radius 1 is 1.19 bits per heavy atom. The highest BCUT2D eigenvalue weighted by molar-refractivity contribution is 6.35. The lowest BCUT2D eigenvalue weighted by Gasteiger charge is -2.17. The van der Waals surface area contributed by atoms with Gasteiger partial charge >= 0.3 is 0 Å². The first-order valence-electron chi connectivity index (χ1n) is 8.18. The monoisotopic (exact) mass is 394 g/mol. The fourth-order valence-corrected chi connectivity index (χ4v) is 3.33. The van der Waals surface area contributed by atoms with Crippen LogP contribution in [-0.4, -0.2) is 29.8 Å². The van der Waals surface area contributed by atoms with Crippen molar-refractivity contribution in [3.63, 3.8) is 0 Å². The van der Waals surface area contributed by atoms with Crippen molar-refractivity contribution in [3.8, 4) is 0 Å². The highest BCUT2D eigenvalue weighted by Crippen LogP contribution is 2.22. The molecule has 0 radical (unpaired) electrons. The van der Waals surface area contributed by atoms with Gasteiger partial charge in [0.1, 0.15) is 5.82 Å². The molecule has 0 saturated carbocycles. The number of carbonyl (C=O) groups is 2. The van der Waals surface area contributed by atoms with E-state index in [0.29, 0.717) is 41.7 Å². The van der Waals surface area contributed by atoms with Gasteiger partial charge in [0.2, 0.25) is 5.91 Å². The minimum Gasteiger partial charge on any atom is -0.352 e. The topological polar surface area (TPSA) is 49.4 Å². The predicted octanol–water partition coefficient (Wildman–Crippen LogP) is 3.91. The summed E-state index contributed by atoms with van der Waals surface area (Å²) in [6, 6.07) is 10.8. The molecule has 1 unspecified atom stereocenters. The fraction of sp³-hybridized carbons (Fsp3) is 0.263. The zero-order chi connectivity index (χ0) is 18.7. The highest BCUT2D eigenvalue weighted by atomic mass is 35.5. The number of benzene rings is 2. The zero-order valence-corrected chi connectivity index (χ0v) is 15.4. The second-order valence-corrected chi connectivity index (χ2v) is 7.15. The molecule has 1 saturated heterocycles. The number of likely N-dealkylation sites (tertiary alicyclic amines) is 1. The second-order valence-electron chi connectivity index (χ2n) is 6.31. The number of hydrogen-bond donors (Lipinski definition) is 1. The standard InChI is InChI=1S/C19H17Cl2FN2O2/c20-14-3-6-17(21)16(8-14)19(26)23-9-13-7-18(25)24(11-13)10-12-1-4-15(22)5-2-12/h1-6,8,13H,7,9-11H2,(H,23,26). The van der Waals surface area contributed by atoms with E-state index in [-0.39, 0.29) is 23.5 Å². The van der Waals surface area contributed by atoms with Gasteiger partial charge in [0.15, 0.2) is 0 Å². The van der Waals surface area contributed by atoms with E-state index < -0.39 is 0 Å². The van der Waals surface area contributed by atoms with E-state index in [4.69, 9.17) is 23.2 Å². The Balaban J connectivity index is 1.55. The third-order valence-corrected chi connectivity index (χ3v) is 4.87. The lowest BCUT2D eigenvalue weighted by Crippen LogP contribution is -2.31. The quantitative estimate of drug-likeness (QED) is 0.835. The molecule has 1 atom stereocenters. The smallest absolute Gasteiger partial charge is 0.252 e. The Morgan fingerprint density at radius 3 is 2.65 bits per heavy atom. The maximum atomic E-state index is 13.0. The summed E-state index contributed by atoms with van der Waals surface area (Å²) in [5.41, 5.74) is 1.18. The Hall–Kier alpha value is -2.11. The van der Waals surface area contributed by atoms with Crippen LogP contribution in [0.3, 0.4) is 0 Å². The van der Waals surface area contributed by atoms with Crippen molar-refractivity contribution in [2.75, 3.05) is 13.1 Å². The van der Waals surface area contributed by atoms with Crippen LogP contribution in [0, 0.1) is 11.7 Å². The van der Waals surface area contributed by atoms with Gasteiger partial charge in [-0.2, -0.15) is 0 Å². The molecular formula is C19H17Cl2FN2O2. The molecule has 1 aliphatic rings. The van der Waals surface area contributed by atoms with E-state index in [0.717, 1.165) is 5.56 Å². The summed E-state index contributed by atoms with van der Waals surface area (Å²) in [7, 11) is 0. The number of rotatable bonds is 5. The lowest BCUT2D eigenvalue weighted by atomic mass is 10.1. The average molecular weight is 395 g/mol. The minimum atomic E-state index is -0.318. The number of amides is 2. The molecule has 4 nitrogen and oxygen atoms in total. The molecule has 7 heteroatoms. The summed E-state index contributed by atoms with van der Waals surface area (Å²) in [4.78, 5) is 26.2. The van der Waals surface area contributed by atoms with Crippen molar-refractivity contribution >= 4 is 35.0 Å². The van der Waals surface area contributed by atoms with Crippen LogP contribution in [0.1, 0.15) is 22.3 Å². The predicted molar refractivity (Wildman–Crippen MR) is 98.7 cm³/mol. The Morgan fingerprint density at radius 2 is 1.92 bits per heavy atom. The molecule has 0 spiro atoms. The van der Waals surface area contributed by atoms with Gasteiger partial charge in [-0.1, -0.05) is 35.3 Å². The van der Waals surface area contributed by atoms with Gasteiger partial charge in [-0.15, -0.1) is 0 Å². The van der Waals surface area contributed by atoms with Gasteiger partial charge in [0.25, 0.3) is 5.91 Å². The van der Waals surface area contributed by atoms with Crippen molar-refractivity contribution in [2.24, 2.45) is 5.92 Å². The van der Waals surface area contributed by atoms with Crippen LogP contribution in [0.25, 0.3) is 0 Å². The first kappa shape index (κ1) is 18.7. The Kier molecular flexibility index (Phi) is 5.79. The summed E-state index contributed by atoms with van der Waals surface area (Å²) in [5, 5.41) is 3.57. The fourth-order valence-electron chi connectivity index (χ4n) is 2.96. The van der Waals surface area contributed by atoms with E-state index in [2.05, 4.69) is 5.32 Å². The maximum Gasteiger partial charge on any atom is 0.252 e. The lowest BCUT2D eigenvalue weighted by molar-refractivity contribution is -0.128. The number of halogens is 3. The van der Waals surface area contributed by atoms with Crippen molar-refractivity contribution in [1.29, 1.82) is 0 Å². The summed E-state index contributed by atoms with van der Waals surface area (Å²) in [6.07, 6.45) is 0.366. The first-order valence-corrected chi connectivity index (χ1v) is 8.93. The number of nitrogens with one attached hydrogen (secondary N) is 1. The largest absolute Gasteiger partial charge is 0.352 e. The van der Waals surface area contributed by atoms with Crippen LogP contribution in [0.4, 0.5) is 4.39 Å². The van der Waals surface area contributed by atoms with Crippen molar-refractivity contribution < 1.29 is 14.0 Å². The van der Waals surface area contributed by atoms with Crippen molar-refractivity contribution in [3.05, 3.63) is 69.5 Å². The average Bonchev–Trinajstić information content (AvgIpc) is 2.96. The molecule has 0 aliphatic carbocycles. The normalized spacial score (nSPS) is 16.8. The van der Waals surface area contributed by atoms with Gasteiger partial charge in [-0.05, 0) is 35.9 Å². The maximum absolute atomic E-state index is 13.0. The SMILES string of the molecule is O=C(NCC1CC(=O)N(Cc2ccc(F)cc2)C1)c1cc(Cl)ccc1Cl. The summed E-state index contributed by atoms with van der Waals surface area (Å²) >= 11 is 11.9. The second kappa shape index (κ2) is 8.06. The van der Waals surface area contributed by atoms with Crippen LogP contribution in [0.15, 0.2) is 42.5 Å². The Bertz CT molecular complexity index is 827. The van der Waals surface area contributed by atoms with Crippen LogP contribution in [-0.2, 0) is 11.3 Å². The van der Waals surface area contributed by atoms with E-state index in [1.807, 2.05) is 0 Å². The van der Waals surface area contributed by atoms with E-state index in [1.165, 1.54) is 18.2 Å². The molecule has 0 bridgehead atoms. The molecule has 0 aromatic heterocycles. The molecule has 1 heterocycles. The zero-order valence-electron chi connectivity index (χ0n) is 13.8. The van der Waals surface area contributed by atoms with Crippen LogP contribution < -0.4 is 5.32 Å². The van der Waals surface area contributed by atoms with Gasteiger partial charge in [0.05, 0.1) is 10.6 Å². The van der Waals surface area contributed by atoms with Gasteiger partial charge in [-0.25, -0.2) is 4.39 Å². The number of hydrogen-bond acceptors (Lipinski definition) is 2. The molecule has 1 N–H and O–H groups in total. The van der Waals surface area contributed by atoms with Gasteiger partial charge in [-0.3, -0.25) is 9.59 Å². The molecule has 136 valence electrons. The van der Waals surface area contributed by atoms with Crippen LogP contribution >= 0.6 is 23.2 Å². The van der Waals surface area contributed by atoms with E-state index >= 15 is 0 Å².